The summed E-state index contributed by atoms with van der Waals surface area (Å²) in [6, 6.07) is 15.5. The summed E-state index contributed by atoms with van der Waals surface area (Å²) in [6.07, 6.45) is 0.619. The maximum Gasteiger partial charge on any atom is 0.188 e. The number of hydrogen-bond donors (Lipinski definition) is 2. The molecular formula is C19H24ClN3O2. The van der Waals surface area contributed by atoms with E-state index < -0.39 is 0 Å². The number of ether oxygens (including phenoxy) is 2. The molecule has 0 fully saturated rings. The zero-order valence-electron chi connectivity index (χ0n) is 14.5. The van der Waals surface area contributed by atoms with Gasteiger partial charge in [0.2, 0.25) is 0 Å². The maximum atomic E-state index is 6.20. The minimum Gasteiger partial charge on any atom is -0.497 e. The first-order chi connectivity index (χ1) is 12.1. The van der Waals surface area contributed by atoms with Gasteiger partial charge in [-0.25, -0.2) is 0 Å². The van der Waals surface area contributed by atoms with Gasteiger partial charge in [-0.3, -0.25) is 4.99 Å². The second-order valence-electron chi connectivity index (χ2n) is 5.50. The number of hydrogen-bond acceptors (Lipinski definition) is 3. The van der Waals surface area contributed by atoms with E-state index in [1.807, 2.05) is 48.5 Å². The number of halogens is 1. The second kappa shape index (κ2) is 9.91. The first-order valence-corrected chi connectivity index (χ1v) is 8.45. The molecule has 0 aliphatic heterocycles. The molecule has 2 aromatic carbocycles. The van der Waals surface area contributed by atoms with Crippen molar-refractivity contribution in [3.63, 3.8) is 0 Å². The van der Waals surface area contributed by atoms with Crippen LogP contribution >= 0.6 is 11.6 Å². The van der Waals surface area contributed by atoms with E-state index in [4.69, 9.17) is 26.8 Å². The quantitative estimate of drug-likeness (QED) is 0.559. The van der Waals surface area contributed by atoms with Gasteiger partial charge < -0.3 is 20.5 Å². The smallest absolute Gasteiger partial charge is 0.188 e. The highest BCUT2D eigenvalue weighted by molar-refractivity contribution is 6.31. The predicted octanol–water partition coefficient (Wildman–Crippen LogP) is 3.18. The molecule has 5 nitrogen and oxygen atoms in total. The molecule has 0 heterocycles. The average Bonchev–Trinajstić information content (AvgIpc) is 2.64. The van der Waals surface area contributed by atoms with Gasteiger partial charge in [-0.15, -0.1) is 0 Å². The number of rotatable bonds is 8. The van der Waals surface area contributed by atoms with E-state index in [9.17, 15) is 0 Å². The third-order valence-corrected chi connectivity index (χ3v) is 4.19. The monoisotopic (exact) mass is 361 g/mol. The van der Waals surface area contributed by atoms with Crippen molar-refractivity contribution in [3.8, 4) is 5.75 Å². The topological polar surface area (TPSA) is 68.9 Å². The summed E-state index contributed by atoms with van der Waals surface area (Å²) >= 11 is 6.20. The van der Waals surface area contributed by atoms with E-state index in [0.717, 1.165) is 17.7 Å². The first-order valence-electron chi connectivity index (χ1n) is 8.08. The molecule has 0 aliphatic carbocycles. The Balaban J connectivity index is 1.83. The van der Waals surface area contributed by atoms with Gasteiger partial charge in [-0.2, -0.15) is 0 Å². The number of nitrogens with one attached hydrogen (secondary N) is 1. The zero-order valence-corrected chi connectivity index (χ0v) is 15.3. The van der Waals surface area contributed by atoms with Crippen molar-refractivity contribution >= 4 is 17.6 Å². The summed E-state index contributed by atoms with van der Waals surface area (Å²) in [5.74, 6) is 1.24. The van der Waals surface area contributed by atoms with E-state index in [1.165, 1.54) is 5.56 Å². The Labute approximate surface area is 153 Å². The molecule has 1 unspecified atom stereocenters. The molecule has 3 N–H and O–H groups in total. The van der Waals surface area contributed by atoms with Gasteiger partial charge in [-0.1, -0.05) is 41.9 Å². The standard InChI is InChI=1S/C19H24ClN3O2/c1-24-15-9-7-14(8-10-15)11-12-22-19(21)23-13-18(25-2)16-5-3-4-6-17(16)20/h3-10,18H,11-13H2,1-2H3,(H3,21,22,23). The molecule has 0 spiro atoms. The molecule has 0 saturated carbocycles. The van der Waals surface area contributed by atoms with Crippen molar-refractivity contribution in [3.05, 3.63) is 64.7 Å². The molecule has 0 bridgehead atoms. The van der Waals surface area contributed by atoms with Crippen molar-refractivity contribution in [1.82, 2.24) is 5.32 Å². The minimum absolute atomic E-state index is 0.226. The van der Waals surface area contributed by atoms with Crippen LogP contribution < -0.4 is 15.8 Å². The second-order valence-corrected chi connectivity index (χ2v) is 5.90. The largest absolute Gasteiger partial charge is 0.497 e. The van der Waals surface area contributed by atoms with Crippen molar-refractivity contribution in [1.29, 1.82) is 0 Å². The first kappa shape index (κ1) is 19.1. The fourth-order valence-corrected chi connectivity index (χ4v) is 2.66. The van der Waals surface area contributed by atoms with Crippen LogP contribution in [0.15, 0.2) is 53.5 Å². The number of aliphatic imine (C=N–C) groups is 1. The van der Waals surface area contributed by atoms with Crippen molar-refractivity contribution in [2.24, 2.45) is 10.7 Å². The summed E-state index contributed by atoms with van der Waals surface area (Å²) in [5, 5.41) is 3.78. The van der Waals surface area contributed by atoms with Crippen LogP contribution in [0.1, 0.15) is 17.2 Å². The SMILES string of the molecule is COc1ccc(CCNC(N)=NCC(OC)c2ccccc2Cl)cc1. The highest BCUT2D eigenvalue weighted by atomic mass is 35.5. The van der Waals surface area contributed by atoms with Crippen LogP contribution in [0.5, 0.6) is 5.75 Å². The molecule has 2 aromatic rings. The van der Waals surface area contributed by atoms with Crippen LogP contribution in [0.25, 0.3) is 0 Å². The Bertz CT molecular complexity index is 689. The number of nitrogens with zero attached hydrogens (tertiary/aromatic N) is 1. The zero-order chi connectivity index (χ0) is 18.1. The lowest BCUT2D eigenvalue weighted by atomic mass is 10.1. The Hall–Kier alpha value is -2.24. The van der Waals surface area contributed by atoms with E-state index >= 15 is 0 Å². The summed E-state index contributed by atoms with van der Waals surface area (Å²) < 4.78 is 10.6. The molecule has 0 radical (unpaired) electrons. The number of nitrogens with two attached hydrogens (primary N) is 1. The van der Waals surface area contributed by atoms with Crippen molar-refractivity contribution in [2.75, 3.05) is 27.3 Å². The van der Waals surface area contributed by atoms with E-state index in [0.29, 0.717) is 24.1 Å². The third-order valence-electron chi connectivity index (χ3n) is 3.84. The Kier molecular flexibility index (Phi) is 7.57. The Morgan fingerprint density at radius 3 is 2.52 bits per heavy atom. The Morgan fingerprint density at radius 1 is 1.16 bits per heavy atom. The van der Waals surface area contributed by atoms with Crippen molar-refractivity contribution < 1.29 is 9.47 Å². The lowest BCUT2D eigenvalue weighted by molar-refractivity contribution is 0.111. The molecule has 0 amide bonds. The van der Waals surface area contributed by atoms with E-state index in [1.54, 1.807) is 14.2 Å². The molecule has 0 saturated heterocycles. The number of benzene rings is 2. The predicted molar refractivity (Wildman–Crippen MR) is 102 cm³/mol. The van der Waals surface area contributed by atoms with Crippen LogP contribution in [-0.4, -0.2) is 33.3 Å². The summed E-state index contributed by atoms with van der Waals surface area (Å²) in [6.45, 7) is 1.10. The lowest BCUT2D eigenvalue weighted by Gasteiger charge is -2.15. The van der Waals surface area contributed by atoms with Gasteiger partial charge in [0, 0.05) is 24.2 Å². The van der Waals surface area contributed by atoms with Crippen LogP contribution in [0, 0.1) is 0 Å². The summed E-state index contributed by atoms with van der Waals surface area (Å²) in [5.41, 5.74) is 8.04. The van der Waals surface area contributed by atoms with Crippen LogP contribution in [-0.2, 0) is 11.2 Å². The van der Waals surface area contributed by atoms with Gasteiger partial charge in [0.15, 0.2) is 5.96 Å². The van der Waals surface area contributed by atoms with Crippen LogP contribution in [0.4, 0.5) is 0 Å². The minimum atomic E-state index is -0.226. The fourth-order valence-electron chi connectivity index (χ4n) is 2.40. The van der Waals surface area contributed by atoms with E-state index in [-0.39, 0.29) is 6.10 Å². The maximum absolute atomic E-state index is 6.20. The highest BCUT2D eigenvalue weighted by Crippen LogP contribution is 2.25. The molecule has 0 aliphatic rings. The summed E-state index contributed by atoms with van der Waals surface area (Å²) in [4.78, 5) is 4.35. The molecule has 1 atom stereocenters. The van der Waals surface area contributed by atoms with Crippen LogP contribution in [0.3, 0.4) is 0 Å². The van der Waals surface area contributed by atoms with Gasteiger partial charge in [0.1, 0.15) is 11.9 Å². The molecule has 25 heavy (non-hydrogen) atoms. The highest BCUT2D eigenvalue weighted by Gasteiger charge is 2.13. The molecule has 2 rings (SSSR count). The molecule has 0 aromatic heterocycles. The number of guanidine groups is 1. The van der Waals surface area contributed by atoms with Gasteiger partial charge in [0.25, 0.3) is 0 Å². The van der Waals surface area contributed by atoms with Crippen LogP contribution in [0.2, 0.25) is 5.02 Å². The third kappa shape index (κ3) is 5.96. The molecule has 134 valence electrons. The molecule has 6 heteroatoms. The lowest BCUT2D eigenvalue weighted by Crippen LogP contribution is -2.33. The van der Waals surface area contributed by atoms with Crippen molar-refractivity contribution in [2.45, 2.75) is 12.5 Å². The normalized spacial score (nSPS) is 12.7. The summed E-state index contributed by atoms with van der Waals surface area (Å²) in [7, 11) is 3.29. The Morgan fingerprint density at radius 2 is 1.88 bits per heavy atom. The van der Waals surface area contributed by atoms with E-state index in [2.05, 4.69) is 10.3 Å². The fraction of sp³-hybridized carbons (Fsp3) is 0.316. The van der Waals surface area contributed by atoms with Gasteiger partial charge in [0.05, 0.1) is 13.7 Å². The van der Waals surface area contributed by atoms with Gasteiger partial charge >= 0.3 is 0 Å². The molecular weight excluding hydrogens is 338 g/mol. The van der Waals surface area contributed by atoms with Gasteiger partial charge in [-0.05, 0) is 30.2 Å². The average molecular weight is 362 g/mol. The number of methoxy groups -OCH3 is 2.